The average molecular weight is 282 g/mol. The maximum atomic E-state index is 9.44. The molecule has 0 aromatic heterocycles. The van der Waals surface area contributed by atoms with Crippen LogP contribution in [0.3, 0.4) is 0 Å². The standard InChI is InChI=1S/C17H18N2O2/c1-17(2,11-18)13-4-6-14(7-5-13)19-10-12-3-8-15(20)16(21)9-12/h3-9,19-21H,10H2,1-2H3. The van der Waals surface area contributed by atoms with Crippen LogP contribution in [0.15, 0.2) is 42.5 Å². The highest BCUT2D eigenvalue weighted by atomic mass is 16.3. The van der Waals surface area contributed by atoms with Gasteiger partial charge in [-0.1, -0.05) is 18.2 Å². The summed E-state index contributed by atoms with van der Waals surface area (Å²) in [7, 11) is 0. The van der Waals surface area contributed by atoms with Crippen molar-refractivity contribution in [1.29, 1.82) is 5.26 Å². The summed E-state index contributed by atoms with van der Waals surface area (Å²) in [6.45, 7) is 4.30. The fourth-order valence-electron chi connectivity index (χ4n) is 1.95. The van der Waals surface area contributed by atoms with Crippen molar-refractivity contribution in [3.63, 3.8) is 0 Å². The van der Waals surface area contributed by atoms with Crippen molar-refractivity contribution < 1.29 is 10.2 Å². The Morgan fingerprint density at radius 1 is 1.05 bits per heavy atom. The van der Waals surface area contributed by atoms with Crippen molar-refractivity contribution >= 4 is 5.69 Å². The van der Waals surface area contributed by atoms with Crippen LogP contribution in [0.2, 0.25) is 0 Å². The fourth-order valence-corrected chi connectivity index (χ4v) is 1.95. The van der Waals surface area contributed by atoms with Crippen molar-refractivity contribution in [2.75, 3.05) is 5.32 Å². The van der Waals surface area contributed by atoms with Crippen molar-refractivity contribution in [3.05, 3.63) is 53.6 Å². The molecule has 4 heteroatoms. The highest BCUT2D eigenvalue weighted by molar-refractivity contribution is 5.48. The van der Waals surface area contributed by atoms with E-state index in [2.05, 4.69) is 11.4 Å². The molecule has 21 heavy (non-hydrogen) atoms. The van der Waals surface area contributed by atoms with Crippen LogP contribution in [0.5, 0.6) is 11.5 Å². The molecule has 0 atom stereocenters. The fraction of sp³-hybridized carbons (Fsp3) is 0.235. The van der Waals surface area contributed by atoms with E-state index in [1.807, 2.05) is 38.1 Å². The van der Waals surface area contributed by atoms with E-state index in [0.717, 1.165) is 16.8 Å². The summed E-state index contributed by atoms with van der Waals surface area (Å²) >= 11 is 0. The second-order valence-electron chi connectivity index (χ2n) is 5.49. The number of nitriles is 1. The molecule has 2 rings (SSSR count). The molecule has 0 spiro atoms. The van der Waals surface area contributed by atoms with Crippen LogP contribution in [0.4, 0.5) is 5.69 Å². The Hall–Kier alpha value is -2.67. The number of rotatable bonds is 4. The molecule has 0 fully saturated rings. The first-order valence-electron chi connectivity index (χ1n) is 6.69. The molecule has 0 aliphatic rings. The average Bonchev–Trinajstić information content (AvgIpc) is 2.49. The Balaban J connectivity index is 2.04. The highest BCUT2D eigenvalue weighted by Gasteiger charge is 2.18. The van der Waals surface area contributed by atoms with E-state index in [9.17, 15) is 10.2 Å². The summed E-state index contributed by atoms with van der Waals surface area (Å²) in [6.07, 6.45) is 0. The maximum Gasteiger partial charge on any atom is 0.157 e. The largest absolute Gasteiger partial charge is 0.504 e. The molecular weight excluding hydrogens is 264 g/mol. The van der Waals surface area contributed by atoms with Crippen molar-refractivity contribution in [1.82, 2.24) is 0 Å². The molecule has 0 heterocycles. The molecule has 2 aromatic carbocycles. The van der Waals surface area contributed by atoms with Gasteiger partial charge in [-0.05, 0) is 49.2 Å². The summed E-state index contributed by atoms with van der Waals surface area (Å²) in [5.74, 6) is -0.248. The van der Waals surface area contributed by atoms with E-state index >= 15 is 0 Å². The lowest BCUT2D eigenvalue weighted by atomic mass is 9.86. The lowest BCUT2D eigenvalue weighted by Crippen LogP contribution is -2.13. The Kier molecular flexibility index (Phi) is 4.04. The van der Waals surface area contributed by atoms with Crippen LogP contribution in [0, 0.1) is 11.3 Å². The first kappa shape index (κ1) is 14.7. The van der Waals surface area contributed by atoms with Crippen LogP contribution >= 0.6 is 0 Å². The quantitative estimate of drug-likeness (QED) is 0.750. The topological polar surface area (TPSA) is 76.3 Å². The van der Waals surface area contributed by atoms with Gasteiger partial charge in [0.15, 0.2) is 11.5 Å². The van der Waals surface area contributed by atoms with Crippen molar-refractivity contribution in [2.24, 2.45) is 0 Å². The highest BCUT2D eigenvalue weighted by Crippen LogP contribution is 2.26. The molecule has 108 valence electrons. The third kappa shape index (κ3) is 3.46. The lowest BCUT2D eigenvalue weighted by molar-refractivity contribution is 0.403. The van der Waals surface area contributed by atoms with Gasteiger partial charge in [0.05, 0.1) is 11.5 Å². The minimum Gasteiger partial charge on any atom is -0.504 e. The Labute approximate surface area is 124 Å². The predicted molar refractivity (Wildman–Crippen MR) is 82.2 cm³/mol. The van der Waals surface area contributed by atoms with E-state index in [-0.39, 0.29) is 11.5 Å². The number of benzene rings is 2. The maximum absolute atomic E-state index is 9.44. The van der Waals surface area contributed by atoms with E-state index in [1.165, 1.54) is 12.1 Å². The first-order valence-corrected chi connectivity index (χ1v) is 6.69. The van der Waals surface area contributed by atoms with E-state index in [1.54, 1.807) is 6.07 Å². The van der Waals surface area contributed by atoms with Crippen LogP contribution in [-0.2, 0) is 12.0 Å². The number of nitrogens with zero attached hydrogens (tertiary/aromatic N) is 1. The first-order chi connectivity index (χ1) is 9.92. The van der Waals surface area contributed by atoms with Gasteiger partial charge in [0.25, 0.3) is 0 Å². The van der Waals surface area contributed by atoms with Gasteiger partial charge in [-0.2, -0.15) is 5.26 Å². The number of hydrogen-bond donors (Lipinski definition) is 3. The zero-order valence-electron chi connectivity index (χ0n) is 12.1. The third-order valence-electron chi connectivity index (χ3n) is 3.42. The van der Waals surface area contributed by atoms with Crippen molar-refractivity contribution in [2.45, 2.75) is 25.8 Å². The second-order valence-corrected chi connectivity index (χ2v) is 5.49. The molecule has 0 bridgehead atoms. The van der Waals surface area contributed by atoms with E-state index in [4.69, 9.17) is 5.26 Å². The number of phenols is 2. The number of hydrogen-bond acceptors (Lipinski definition) is 4. The molecule has 0 aliphatic heterocycles. The van der Waals surface area contributed by atoms with Gasteiger partial charge >= 0.3 is 0 Å². The molecule has 0 saturated carbocycles. The van der Waals surface area contributed by atoms with Gasteiger partial charge in [-0.3, -0.25) is 0 Å². The van der Waals surface area contributed by atoms with Crippen molar-refractivity contribution in [3.8, 4) is 17.6 Å². The van der Waals surface area contributed by atoms with Gasteiger partial charge < -0.3 is 15.5 Å². The van der Waals surface area contributed by atoms with Gasteiger partial charge in [0, 0.05) is 12.2 Å². The zero-order valence-corrected chi connectivity index (χ0v) is 12.1. The molecule has 0 saturated heterocycles. The minimum atomic E-state index is -0.499. The number of aromatic hydroxyl groups is 2. The normalized spacial score (nSPS) is 10.9. The Morgan fingerprint density at radius 3 is 2.29 bits per heavy atom. The molecule has 0 unspecified atom stereocenters. The summed E-state index contributed by atoms with van der Waals surface area (Å²) in [5, 5.41) is 31.0. The molecule has 0 radical (unpaired) electrons. The molecule has 4 nitrogen and oxygen atoms in total. The third-order valence-corrected chi connectivity index (χ3v) is 3.42. The van der Waals surface area contributed by atoms with Crippen LogP contribution in [-0.4, -0.2) is 10.2 Å². The summed E-state index contributed by atoms with van der Waals surface area (Å²) in [4.78, 5) is 0. The van der Waals surface area contributed by atoms with Gasteiger partial charge in [0.2, 0.25) is 0 Å². The molecule has 2 aromatic rings. The second kappa shape index (κ2) is 5.76. The molecule has 0 aliphatic carbocycles. The number of nitrogens with one attached hydrogen (secondary N) is 1. The number of phenolic OH excluding ortho intramolecular Hbond substituents is 2. The number of anilines is 1. The van der Waals surface area contributed by atoms with Gasteiger partial charge in [0.1, 0.15) is 0 Å². The monoisotopic (exact) mass is 282 g/mol. The summed E-state index contributed by atoms with van der Waals surface area (Å²) in [5.41, 5.74) is 2.27. The van der Waals surface area contributed by atoms with E-state index in [0.29, 0.717) is 6.54 Å². The lowest BCUT2D eigenvalue weighted by Gasteiger charge is -2.16. The van der Waals surface area contributed by atoms with Crippen LogP contribution < -0.4 is 5.32 Å². The molecule has 3 N–H and O–H groups in total. The zero-order chi connectivity index (χ0) is 15.5. The summed E-state index contributed by atoms with van der Waals surface area (Å²) < 4.78 is 0. The summed E-state index contributed by atoms with van der Waals surface area (Å²) in [6, 6.07) is 14.7. The SMILES string of the molecule is CC(C)(C#N)c1ccc(NCc2ccc(O)c(O)c2)cc1. The van der Waals surface area contributed by atoms with Gasteiger partial charge in [-0.15, -0.1) is 0 Å². The predicted octanol–water partition coefficient (Wildman–Crippen LogP) is 3.51. The van der Waals surface area contributed by atoms with Gasteiger partial charge in [-0.25, -0.2) is 0 Å². The Morgan fingerprint density at radius 2 is 1.71 bits per heavy atom. The minimum absolute atomic E-state index is 0.123. The smallest absolute Gasteiger partial charge is 0.157 e. The van der Waals surface area contributed by atoms with E-state index < -0.39 is 5.41 Å². The Bertz CT molecular complexity index is 670. The van der Waals surface area contributed by atoms with Crippen LogP contribution in [0.25, 0.3) is 0 Å². The van der Waals surface area contributed by atoms with Crippen LogP contribution in [0.1, 0.15) is 25.0 Å². The molecule has 0 amide bonds. The molecular formula is C17H18N2O2.